The van der Waals surface area contributed by atoms with Crippen LogP contribution in [0.1, 0.15) is 29.3 Å². The van der Waals surface area contributed by atoms with Gasteiger partial charge in [-0.15, -0.1) is 0 Å². The Morgan fingerprint density at radius 2 is 1.81 bits per heavy atom. The topological polar surface area (TPSA) is 86.7 Å². The molecule has 0 saturated heterocycles. The van der Waals surface area contributed by atoms with E-state index in [9.17, 15) is 19.5 Å². The number of anilines is 1. The highest BCUT2D eigenvalue weighted by molar-refractivity contribution is 5.99. The van der Waals surface area contributed by atoms with Gasteiger partial charge in [0, 0.05) is 23.7 Å². The molecule has 1 fully saturated rings. The largest absolute Gasteiger partial charge is 0.480 e. The van der Waals surface area contributed by atoms with Gasteiger partial charge in [0.1, 0.15) is 6.54 Å². The quantitative estimate of drug-likeness (QED) is 0.789. The number of carboxylic acids is 1. The molecule has 140 valence electrons. The Balaban J connectivity index is 1.75. The number of carbonyl (C=O) groups excluding carboxylic acids is 2. The summed E-state index contributed by atoms with van der Waals surface area (Å²) in [6, 6.07) is 15.8. The lowest BCUT2D eigenvalue weighted by Gasteiger charge is -2.21. The zero-order valence-electron chi connectivity index (χ0n) is 15.1. The lowest BCUT2D eigenvalue weighted by molar-refractivity contribution is -0.137. The highest BCUT2D eigenvalue weighted by Crippen LogP contribution is 2.38. The number of amides is 2. The van der Waals surface area contributed by atoms with Crippen molar-refractivity contribution in [3.05, 3.63) is 65.7 Å². The van der Waals surface area contributed by atoms with E-state index in [0.717, 1.165) is 12.0 Å². The van der Waals surface area contributed by atoms with Gasteiger partial charge in [-0.2, -0.15) is 0 Å². The van der Waals surface area contributed by atoms with E-state index < -0.39 is 18.4 Å². The monoisotopic (exact) mass is 366 g/mol. The maximum atomic E-state index is 12.9. The number of carboxylic acid groups (broad SMARTS) is 1. The lowest BCUT2D eigenvalue weighted by atomic mass is 10.1. The van der Waals surface area contributed by atoms with Gasteiger partial charge in [0.15, 0.2) is 0 Å². The number of benzene rings is 2. The number of hydrogen-bond acceptors (Lipinski definition) is 3. The molecule has 2 N–H and O–H groups in total. The molecule has 2 aromatic carbocycles. The molecule has 1 aliphatic rings. The average Bonchev–Trinajstić information content (AvgIpc) is 3.38. The van der Waals surface area contributed by atoms with E-state index in [0.29, 0.717) is 17.2 Å². The van der Waals surface area contributed by atoms with E-state index in [4.69, 9.17) is 0 Å². The van der Waals surface area contributed by atoms with Crippen LogP contribution >= 0.6 is 0 Å². The van der Waals surface area contributed by atoms with Crippen molar-refractivity contribution in [2.24, 2.45) is 11.8 Å². The summed E-state index contributed by atoms with van der Waals surface area (Å²) in [7, 11) is 0. The number of carbonyl (C=O) groups is 3. The normalized spacial score (nSPS) is 17.8. The van der Waals surface area contributed by atoms with Crippen LogP contribution in [0.2, 0.25) is 0 Å². The minimum absolute atomic E-state index is 0.0333. The molecule has 3 rings (SSSR count). The molecular weight excluding hydrogens is 344 g/mol. The third-order valence-corrected chi connectivity index (χ3v) is 4.65. The second kappa shape index (κ2) is 8.03. The van der Waals surface area contributed by atoms with Crippen molar-refractivity contribution >= 4 is 23.5 Å². The number of nitrogens with zero attached hydrogens (tertiary/aromatic N) is 1. The molecule has 0 radical (unpaired) electrons. The molecule has 2 aromatic rings. The van der Waals surface area contributed by atoms with Crippen LogP contribution in [0.4, 0.5) is 5.69 Å². The summed E-state index contributed by atoms with van der Waals surface area (Å²) in [5.41, 5.74) is 1.73. The number of hydrogen-bond donors (Lipinski definition) is 2. The molecule has 0 bridgehead atoms. The summed E-state index contributed by atoms with van der Waals surface area (Å²) in [6.45, 7) is 1.82. The molecule has 1 saturated carbocycles. The Hall–Kier alpha value is -3.15. The number of rotatable bonds is 7. The average molecular weight is 366 g/mol. The molecule has 2 unspecified atom stereocenters. The van der Waals surface area contributed by atoms with Crippen LogP contribution in [-0.2, 0) is 16.1 Å². The Bertz CT molecular complexity index is 850. The fourth-order valence-corrected chi connectivity index (χ4v) is 3.00. The summed E-state index contributed by atoms with van der Waals surface area (Å²) in [4.78, 5) is 37.5. The highest BCUT2D eigenvalue weighted by atomic mass is 16.4. The maximum absolute atomic E-state index is 12.9. The summed E-state index contributed by atoms with van der Waals surface area (Å²) in [5.74, 6) is -1.08. The number of aliphatic carboxylic acids is 1. The minimum atomic E-state index is -1.08. The van der Waals surface area contributed by atoms with Gasteiger partial charge >= 0.3 is 5.97 Å². The first-order chi connectivity index (χ1) is 12.9. The van der Waals surface area contributed by atoms with Gasteiger partial charge < -0.3 is 15.3 Å². The van der Waals surface area contributed by atoms with Crippen LogP contribution in [0.25, 0.3) is 0 Å². The molecule has 2 atom stereocenters. The van der Waals surface area contributed by atoms with Crippen molar-refractivity contribution in [1.29, 1.82) is 0 Å². The Morgan fingerprint density at radius 1 is 1.11 bits per heavy atom. The Morgan fingerprint density at radius 3 is 2.44 bits per heavy atom. The van der Waals surface area contributed by atoms with Gasteiger partial charge in [0.2, 0.25) is 5.91 Å². The summed E-state index contributed by atoms with van der Waals surface area (Å²) in [5, 5.41) is 12.0. The molecule has 6 heteroatoms. The molecule has 27 heavy (non-hydrogen) atoms. The first-order valence-corrected chi connectivity index (χ1v) is 8.90. The second-order valence-electron chi connectivity index (χ2n) is 6.93. The van der Waals surface area contributed by atoms with Crippen LogP contribution in [0, 0.1) is 11.8 Å². The standard InChI is InChI=1S/C21H22N2O4/c1-14-10-18(14)20(26)22-17-9-5-8-16(11-17)21(27)23(13-19(24)25)12-15-6-3-2-4-7-15/h2-9,11,14,18H,10,12-13H2,1H3,(H,22,26)(H,24,25). The summed E-state index contributed by atoms with van der Waals surface area (Å²) < 4.78 is 0. The van der Waals surface area contributed by atoms with E-state index in [1.165, 1.54) is 4.90 Å². The molecule has 2 amide bonds. The summed E-state index contributed by atoms with van der Waals surface area (Å²) >= 11 is 0. The van der Waals surface area contributed by atoms with Crippen molar-refractivity contribution in [3.8, 4) is 0 Å². The van der Waals surface area contributed by atoms with Crippen molar-refractivity contribution in [2.75, 3.05) is 11.9 Å². The van der Waals surface area contributed by atoms with Gasteiger partial charge in [-0.05, 0) is 36.1 Å². The van der Waals surface area contributed by atoms with Crippen LogP contribution < -0.4 is 5.32 Å². The van der Waals surface area contributed by atoms with Gasteiger partial charge in [-0.1, -0.05) is 43.3 Å². The first kappa shape index (κ1) is 18.6. The maximum Gasteiger partial charge on any atom is 0.323 e. The predicted octanol–water partition coefficient (Wildman–Crippen LogP) is 3.01. The third kappa shape index (κ3) is 4.94. The molecular formula is C21H22N2O4. The molecule has 0 heterocycles. The van der Waals surface area contributed by atoms with E-state index >= 15 is 0 Å². The van der Waals surface area contributed by atoms with Crippen LogP contribution in [-0.4, -0.2) is 34.3 Å². The zero-order chi connectivity index (χ0) is 19.4. The molecule has 6 nitrogen and oxygen atoms in total. The molecule has 0 aromatic heterocycles. The molecule has 0 spiro atoms. The van der Waals surface area contributed by atoms with Gasteiger partial charge in [-0.3, -0.25) is 14.4 Å². The van der Waals surface area contributed by atoms with Crippen molar-refractivity contribution in [1.82, 2.24) is 4.90 Å². The van der Waals surface area contributed by atoms with Crippen LogP contribution in [0.3, 0.4) is 0 Å². The summed E-state index contributed by atoms with van der Waals surface area (Å²) in [6.07, 6.45) is 0.883. The van der Waals surface area contributed by atoms with Crippen LogP contribution in [0.5, 0.6) is 0 Å². The fraction of sp³-hybridized carbons (Fsp3) is 0.286. The van der Waals surface area contributed by atoms with Gasteiger partial charge in [0.05, 0.1) is 0 Å². The van der Waals surface area contributed by atoms with Crippen LogP contribution in [0.15, 0.2) is 54.6 Å². The van der Waals surface area contributed by atoms with E-state index in [-0.39, 0.29) is 18.4 Å². The Kier molecular flexibility index (Phi) is 5.54. The lowest BCUT2D eigenvalue weighted by Crippen LogP contribution is -2.35. The van der Waals surface area contributed by atoms with Crippen molar-refractivity contribution in [3.63, 3.8) is 0 Å². The predicted molar refractivity (Wildman–Crippen MR) is 101 cm³/mol. The van der Waals surface area contributed by atoms with Gasteiger partial charge in [0.25, 0.3) is 5.91 Å². The Labute approximate surface area is 157 Å². The minimum Gasteiger partial charge on any atom is -0.480 e. The second-order valence-corrected chi connectivity index (χ2v) is 6.93. The van der Waals surface area contributed by atoms with Gasteiger partial charge in [-0.25, -0.2) is 0 Å². The van der Waals surface area contributed by atoms with E-state index in [2.05, 4.69) is 5.32 Å². The van der Waals surface area contributed by atoms with Crippen molar-refractivity contribution < 1.29 is 19.5 Å². The van der Waals surface area contributed by atoms with E-state index in [1.807, 2.05) is 37.3 Å². The smallest absolute Gasteiger partial charge is 0.323 e. The third-order valence-electron chi connectivity index (χ3n) is 4.65. The number of nitrogens with one attached hydrogen (secondary N) is 1. The first-order valence-electron chi connectivity index (χ1n) is 8.90. The zero-order valence-corrected chi connectivity index (χ0v) is 15.1. The fourth-order valence-electron chi connectivity index (χ4n) is 3.00. The highest BCUT2D eigenvalue weighted by Gasteiger charge is 2.39. The van der Waals surface area contributed by atoms with Crippen molar-refractivity contribution in [2.45, 2.75) is 19.9 Å². The SMILES string of the molecule is CC1CC1C(=O)Nc1cccc(C(=O)N(CC(=O)O)Cc2ccccc2)c1. The molecule has 1 aliphatic carbocycles. The van der Waals surface area contributed by atoms with E-state index in [1.54, 1.807) is 24.3 Å². The molecule has 0 aliphatic heterocycles.